The van der Waals surface area contributed by atoms with E-state index in [0.717, 1.165) is 36.6 Å². The first-order valence-electron chi connectivity index (χ1n) is 7.32. The van der Waals surface area contributed by atoms with Gasteiger partial charge in [-0.1, -0.05) is 11.6 Å². The standard InChI is InChI=1S/C17H18ClNO3/c18-13-3-5-16(6-4-13)22-17-9-7-15(8-10-17)21-12-14-2-1-11-19(14)20/h3-10,14,20H,1-2,11-12H2/t14-/m0/s1. The van der Waals surface area contributed by atoms with Gasteiger partial charge in [0.1, 0.15) is 23.9 Å². The maximum atomic E-state index is 9.62. The molecular formula is C17H18ClNO3. The predicted molar refractivity (Wildman–Crippen MR) is 85.0 cm³/mol. The SMILES string of the molecule is ON1CCC[C@H]1COc1ccc(Oc2ccc(Cl)cc2)cc1. The lowest BCUT2D eigenvalue weighted by Crippen LogP contribution is -2.31. The van der Waals surface area contributed by atoms with Gasteiger partial charge in [0.15, 0.2) is 0 Å². The van der Waals surface area contributed by atoms with Crippen molar-refractivity contribution in [3.8, 4) is 17.2 Å². The number of benzene rings is 2. The van der Waals surface area contributed by atoms with E-state index in [1.165, 1.54) is 5.06 Å². The van der Waals surface area contributed by atoms with E-state index in [1.807, 2.05) is 36.4 Å². The van der Waals surface area contributed by atoms with E-state index in [-0.39, 0.29) is 6.04 Å². The smallest absolute Gasteiger partial charge is 0.127 e. The fraction of sp³-hybridized carbons (Fsp3) is 0.294. The molecule has 0 radical (unpaired) electrons. The minimum absolute atomic E-state index is 0.0880. The van der Waals surface area contributed by atoms with Crippen molar-refractivity contribution in [2.45, 2.75) is 18.9 Å². The highest BCUT2D eigenvalue weighted by atomic mass is 35.5. The van der Waals surface area contributed by atoms with Gasteiger partial charge in [0.05, 0.1) is 6.04 Å². The summed E-state index contributed by atoms with van der Waals surface area (Å²) in [6.07, 6.45) is 1.98. The molecule has 3 rings (SSSR count). The third kappa shape index (κ3) is 3.91. The molecule has 1 heterocycles. The van der Waals surface area contributed by atoms with Crippen molar-refractivity contribution in [2.24, 2.45) is 0 Å². The van der Waals surface area contributed by atoms with Crippen molar-refractivity contribution >= 4 is 11.6 Å². The van der Waals surface area contributed by atoms with Gasteiger partial charge in [0.25, 0.3) is 0 Å². The zero-order valence-electron chi connectivity index (χ0n) is 12.1. The van der Waals surface area contributed by atoms with Gasteiger partial charge in [-0.3, -0.25) is 0 Å². The minimum atomic E-state index is 0.0880. The molecule has 1 atom stereocenters. The van der Waals surface area contributed by atoms with Crippen molar-refractivity contribution < 1.29 is 14.7 Å². The fourth-order valence-corrected chi connectivity index (χ4v) is 2.55. The van der Waals surface area contributed by atoms with Gasteiger partial charge in [0.2, 0.25) is 0 Å². The van der Waals surface area contributed by atoms with Gasteiger partial charge < -0.3 is 14.7 Å². The van der Waals surface area contributed by atoms with Crippen LogP contribution in [0.1, 0.15) is 12.8 Å². The zero-order chi connectivity index (χ0) is 15.4. The summed E-state index contributed by atoms with van der Waals surface area (Å²) in [6, 6.07) is 14.7. The number of hydroxylamine groups is 2. The number of ether oxygens (including phenoxy) is 2. The monoisotopic (exact) mass is 319 g/mol. The lowest BCUT2D eigenvalue weighted by Gasteiger charge is -2.18. The summed E-state index contributed by atoms with van der Waals surface area (Å²) in [5.41, 5.74) is 0. The number of rotatable bonds is 5. The summed E-state index contributed by atoms with van der Waals surface area (Å²) in [4.78, 5) is 0. The molecule has 0 bridgehead atoms. The molecule has 0 aromatic heterocycles. The van der Waals surface area contributed by atoms with E-state index in [9.17, 15) is 5.21 Å². The number of halogens is 1. The van der Waals surface area contributed by atoms with Crippen LogP contribution in [0.15, 0.2) is 48.5 Å². The van der Waals surface area contributed by atoms with Crippen molar-refractivity contribution in [3.05, 3.63) is 53.6 Å². The minimum Gasteiger partial charge on any atom is -0.492 e. The molecule has 2 aromatic carbocycles. The molecule has 1 aliphatic heterocycles. The van der Waals surface area contributed by atoms with Crippen LogP contribution in [-0.2, 0) is 0 Å². The number of hydrogen-bond donors (Lipinski definition) is 1. The molecule has 1 saturated heterocycles. The highest BCUT2D eigenvalue weighted by Gasteiger charge is 2.23. The Morgan fingerprint density at radius 1 is 1.00 bits per heavy atom. The van der Waals surface area contributed by atoms with Crippen molar-refractivity contribution in [3.63, 3.8) is 0 Å². The Labute approximate surface area is 134 Å². The quantitative estimate of drug-likeness (QED) is 0.889. The van der Waals surface area contributed by atoms with E-state index in [1.54, 1.807) is 12.1 Å². The molecule has 0 aliphatic carbocycles. The molecule has 4 nitrogen and oxygen atoms in total. The van der Waals surface area contributed by atoms with E-state index >= 15 is 0 Å². The zero-order valence-corrected chi connectivity index (χ0v) is 12.9. The van der Waals surface area contributed by atoms with Crippen LogP contribution in [0.4, 0.5) is 0 Å². The third-order valence-electron chi connectivity index (χ3n) is 3.66. The molecule has 116 valence electrons. The molecule has 0 spiro atoms. The van der Waals surface area contributed by atoms with Crippen LogP contribution in [0.3, 0.4) is 0 Å². The van der Waals surface area contributed by atoms with Gasteiger partial charge in [-0.15, -0.1) is 0 Å². The summed E-state index contributed by atoms with van der Waals surface area (Å²) in [7, 11) is 0. The van der Waals surface area contributed by atoms with Crippen LogP contribution < -0.4 is 9.47 Å². The fourth-order valence-electron chi connectivity index (χ4n) is 2.42. The van der Waals surface area contributed by atoms with Gasteiger partial charge in [0, 0.05) is 11.6 Å². The highest BCUT2D eigenvalue weighted by Crippen LogP contribution is 2.25. The van der Waals surface area contributed by atoms with Crippen molar-refractivity contribution in [1.82, 2.24) is 5.06 Å². The first-order valence-corrected chi connectivity index (χ1v) is 7.70. The van der Waals surface area contributed by atoms with Gasteiger partial charge in [-0.05, 0) is 61.4 Å². The van der Waals surface area contributed by atoms with Gasteiger partial charge >= 0.3 is 0 Å². The molecule has 22 heavy (non-hydrogen) atoms. The van der Waals surface area contributed by atoms with Crippen LogP contribution in [-0.4, -0.2) is 29.5 Å². The first kappa shape index (κ1) is 15.2. The average molecular weight is 320 g/mol. The van der Waals surface area contributed by atoms with E-state index in [0.29, 0.717) is 11.6 Å². The van der Waals surface area contributed by atoms with Crippen LogP contribution in [0.25, 0.3) is 0 Å². The molecule has 1 fully saturated rings. The Hall–Kier alpha value is -1.75. The number of hydrogen-bond acceptors (Lipinski definition) is 4. The summed E-state index contributed by atoms with van der Waals surface area (Å²) in [6.45, 7) is 1.22. The summed E-state index contributed by atoms with van der Waals surface area (Å²) < 4.78 is 11.4. The Kier molecular flexibility index (Phi) is 4.83. The van der Waals surface area contributed by atoms with E-state index in [4.69, 9.17) is 21.1 Å². The topological polar surface area (TPSA) is 41.9 Å². The molecule has 0 saturated carbocycles. The Morgan fingerprint density at radius 2 is 1.59 bits per heavy atom. The normalized spacial score (nSPS) is 18.4. The van der Waals surface area contributed by atoms with Gasteiger partial charge in [-0.25, -0.2) is 0 Å². The molecule has 1 N–H and O–H groups in total. The van der Waals surface area contributed by atoms with Crippen LogP contribution in [0.5, 0.6) is 17.2 Å². The number of nitrogens with zero attached hydrogens (tertiary/aromatic N) is 1. The first-order chi connectivity index (χ1) is 10.7. The summed E-state index contributed by atoms with van der Waals surface area (Å²) in [5, 5.41) is 11.7. The molecular weight excluding hydrogens is 302 g/mol. The van der Waals surface area contributed by atoms with Gasteiger partial charge in [-0.2, -0.15) is 5.06 Å². The predicted octanol–water partition coefficient (Wildman–Crippen LogP) is 4.36. The molecule has 0 amide bonds. The van der Waals surface area contributed by atoms with Crippen LogP contribution in [0, 0.1) is 0 Å². The molecule has 2 aromatic rings. The second-order valence-corrected chi connectivity index (χ2v) is 5.73. The third-order valence-corrected chi connectivity index (χ3v) is 3.91. The Balaban J connectivity index is 1.54. The lowest BCUT2D eigenvalue weighted by molar-refractivity contribution is -0.110. The highest BCUT2D eigenvalue weighted by molar-refractivity contribution is 6.30. The molecule has 0 unspecified atom stereocenters. The van der Waals surface area contributed by atoms with Crippen LogP contribution in [0.2, 0.25) is 5.02 Å². The maximum absolute atomic E-state index is 9.62. The van der Waals surface area contributed by atoms with E-state index < -0.39 is 0 Å². The van der Waals surface area contributed by atoms with Crippen molar-refractivity contribution in [2.75, 3.05) is 13.2 Å². The van der Waals surface area contributed by atoms with Crippen molar-refractivity contribution in [1.29, 1.82) is 0 Å². The summed E-state index contributed by atoms with van der Waals surface area (Å²) >= 11 is 5.84. The maximum Gasteiger partial charge on any atom is 0.127 e. The van der Waals surface area contributed by atoms with Crippen LogP contribution >= 0.6 is 11.6 Å². The second-order valence-electron chi connectivity index (χ2n) is 5.30. The largest absolute Gasteiger partial charge is 0.492 e. The Bertz CT molecular complexity index is 600. The van der Waals surface area contributed by atoms with E-state index in [2.05, 4.69) is 0 Å². The lowest BCUT2D eigenvalue weighted by atomic mass is 10.2. The average Bonchev–Trinajstić information content (AvgIpc) is 2.94. The summed E-state index contributed by atoms with van der Waals surface area (Å²) in [5.74, 6) is 2.24. The Morgan fingerprint density at radius 3 is 2.18 bits per heavy atom. The molecule has 5 heteroatoms. The molecule has 1 aliphatic rings. The second kappa shape index (κ2) is 7.01.